The van der Waals surface area contributed by atoms with E-state index in [1.54, 1.807) is 18.2 Å². The van der Waals surface area contributed by atoms with Gasteiger partial charge in [0.2, 0.25) is 11.8 Å². The standard InChI is InChI=1S/C25H26Cl2N6O3/c1-14-11-32(15(2)9-28-14)21-7-6-17(8-16(21)12-34)30-25-29-10-18-23(31-25)36-13-33(24(18)35)22-19(26)4-3-5-20(22)27/h3-8,10,14-15,28,34H,9,11-13H2,1-2H3,(H,29,30,31)/t14-,15+/m0/s1. The van der Waals surface area contributed by atoms with Gasteiger partial charge in [0.15, 0.2) is 6.73 Å². The molecule has 0 spiro atoms. The van der Waals surface area contributed by atoms with Gasteiger partial charge in [-0.2, -0.15) is 4.98 Å². The summed E-state index contributed by atoms with van der Waals surface area (Å²) in [4.78, 5) is 25.5. The maximum Gasteiger partial charge on any atom is 0.268 e. The second-order valence-corrected chi connectivity index (χ2v) is 9.74. The number of benzene rings is 2. The van der Waals surface area contributed by atoms with E-state index in [4.69, 9.17) is 27.9 Å². The second-order valence-electron chi connectivity index (χ2n) is 8.93. The molecule has 36 heavy (non-hydrogen) atoms. The first-order valence-corrected chi connectivity index (χ1v) is 12.4. The number of anilines is 4. The number of carbonyl (C=O) groups is 1. The van der Waals surface area contributed by atoms with E-state index >= 15 is 0 Å². The monoisotopic (exact) mass is 528 g/mol. The average Bonchev–Trinajstić information content (AvgIpc) is 2.86. The van der Waals surface area contributed by atoms with Crippen LogP contribution in [0, 0.1) is 0 Å². The summed E-state index contributed by atoms with van der Waals surface area (Å²) in [7, 11) is 0. The molecule has 3 aromatic rings. The molecule has 0 saturated carbocycles. The van der Waals surface area contributed by atoms with Crippen molar-refractivity contribution in [1.82, 2.24) is 15.3 Å². The van der Waals surface area contributed by atoms with Crippen LogP contribution in [-0.2, 0) is 6.61 Å². The average molecular weight is 529 g/mol. The number of fused-ring (bicyclic) bond motifs is 1. The number of piperazine rings is 1. The van der Waals surface area contributed by atoms with Crippen LogP contribution >= 0.6 is 23.2 Å². The van der Waals surface area contributed by atoms with Crippen LogP contribution in [0.25, 0.3) is 0 Å². The van der Waals surface area contributed by atoms with Crippen molar-refractivity contribution >= 4 is 52.1 Å². The molecule has 5 rings (SSSR count). The zero-order valence-electron chi connectivity index (χ0n) is 19.8. The zero-order chi connectivity index (χ0) is 25.4. The predicted octanol–water partition coefficient (Wildman–Crippen LogP) is 4.20. The summed E-state index contributed by atoms with van der Waals surface area (Å²) in [5.74, 6) is 0.0789. The molecule has 2 atom stereocenters. The molecule has 1 saturated heterocycles. The van der Waals surface area contributed by atoms with Crippen molar-refractivity contribution in [3.05, 3.63) is 63.8 Å². The first-order valence-electron chi connectivity index (χ1n) is 11.6. The smallest absolute Gasteiger partial charge is 0.268 e. The molecule has 11 heteroatoms. The van der Waals surface area contributed by atoms with Gasteiger partial charge in [-0.3, -0.25) is 9.69 Å². The number of para-hydroxylation sites is 1. The molecule has 0 aliphatic carbocycles. The van der Waals surface area contributed by atoms with E-state index in [0.717, 1.165) is 24.3 Å². The van der Waals surface area contributed by atoms with E-state index < -0.39 is 0 Å². The minimum absolute atomic E-state index is 0.0869. The van der Waals surface area contributed by atoms with Gasteiger partial charge >= 0.3 is 0 Å². The fourth-order valence-corrected chi connectivity index (χ4v) is 5.08. The SMILES string of the molecule is C[C@@H]1CN[C@@H](C)CN1c1ccc(Nc2ncc3c(n2)OCN(c2c(Cl)cccc2Cl)C3=O)cc1CO. The molecule has 1 aromatic heterocycles. The number of hydrogen-bond acceptors (Lipinski definition) is 8. The van der Waals surface area contributed by atoms with Crippen LogP contribution in [0.3, 0.4) is 0 Å². The normalized spacial score (nSPS) is 19.6. The van der Waals surface area contributed by atoms with Crippen LogP contribution in [0.4, 0.5) is 23.0 Å². The molecule has 0 unspecified atom stereocenters. The zero-order valence-corrected chi connectivity index (χ0v) is 21.3. The highest BCUT2D eigenvalue weighted by atomic mass is 35.5. The number of halogens is 2. The predicted molar refractivity (Wildman–Crippen MR) is 141 cm³/mol. The Kier molecular flexibility index (Phi) is 6.90. The lowest BCUT2D eigenvalue weighted by molar-refractivity contribution is 0.0932. The van der Waals surface area contributed by atoms with Crippen molar-refractivity contribution in [3.8, 4) is 5.88 Å². The molecule has 188 valence electrons. The molecule has 3 N–H and O–H groups in total. The number of aliphatic hydroxyl groups is 1. The number of nitrogens with zero attached hydrogens (tertiary/aromatic N) is 4. The van der Waals surface area contributed by atoms with Gasteiger partial charge in [-0.25, -0.2) is 4.98 Å². The van der Waals surface area contributed by atoms with Crippen molar-refractivity contribution in [2.24, 2.45) is 0 Å². The topological polar surface area (TPSA) is 103 Å². The fourth-order valence-electron chi connectivity index (χ4n) is 4.48. The quantitative estimate of drug-likeness (QED) is 0.452. The molecule has 1 amide bonds. The lowest BCUT2D eigenvalue weighted by Crippen LogP contribution is -2.54. The number of aromatic nitrogens is 2. The molecule has 3 heterocycles. The van der Waals surface area contributed by atoms with Crippen molar-refractivity contribution in [2.75, 3.05) is 34.9 Å². The summed E-state index contributed by atoms with van der Waals surface area (Å²) in [6.07, 6.45) is 1.41. The van der Waals surface area contributed by atoms with Crippen molar-refractivity contribution in [3.63, 3.8) is 0 Å². The minimum Gasteiger partial charge on any atom is -0.455 e. The number of ether oxygens (including phenoxy) is 1. The highest BCUT2D eigenvalue weighted by molar-refractivity contribution is 6.40. The number of rotatable bonds is 5. The second kappa shape index (κ2) is 10.1. The van der Waals surface area contributed by atoms with Gasteiger partial charge in [0.1, 0.15) is 5.56 Å². The lowest BCUT2D eigenvalue weighted by Gasteiger charge is -2.40. The van der Waals surface area contributed by atoms with Gasteiger partial charge in [0.25, 0.3) is 5.91 Å². The van der Waals surface area contributed by atoms with Gasteiger partial charge in [-0.15, -0.1) is 0 Å². The maximum atomic E-state index is 13.1. The maximum absolute atomic E-state index is 13.1. The van der Waals surface area contributed by atoms with E-state index in [1.807, 2.05) is 18.2 Å². The Balaban J connectivity index is 1.36. The minimum atomic E-state index is -0.357. The molecule has 2 aliphatic heterocycles. The van der Waals surface area contributed by atoms with E-state index in [9.17, 15) is 9.90 Å². The molecular formula is C25H26Cl2N6O3. The number of aliphatic hydroxyl groups excluding tert-OH is 1. The van der Waals surface area contributed by atoms with E-state index in [2.05, 4.69) is 39.3 Å². The number of amides is 1. The van der Waals surface area contributed by atoms with Crippen molar-refractivity contribution in [1.29, 1.82) is 0 Å². The first-order chi connectivity index (χ1) is 17.4. The van der Waals surface area contributed by atoms with Crippen LogP contribution < -0.4 is 25.2 Å². The molecule has 9 nitrogen and oxygen atoms in total. The highest BCUT2D eigenvalue weighted by Gasteiger charge is 2.31. The Bertz CT molecular complexity index is 1290. The molecule has 0 bridgehead atoms. The lowest BCUT2D eigenvalue weighted by atomic mass is 10.1. The van der Waals surface area contributed by atoms with Gasteiger partial charge in [0, 0.05) is 48.3 Å². The Morgan fingerprint density at radius 3 is 2.75 bits per heavy atom. The van der Waals surface area contributed by atoms with Crippen molar-refractivity contribution in [2.45, 2.75) is 32.5 Å². The van der Waals surface area contributed by atoms with Crippen LogP contribution in [0.2, 0.25) is 10.0 Å². The molecule has 1 fully saturated rings. The van der Waals surface area contributed by atoms with Gasteiger partial charge in [-0.1, -0.05) is 29.3 Å². The van der Waals surface area contributed by atoms with Crippen LogP contribution in [0.5, 0.6) is 5.88 Å². The fraction of sp³-hybridized carbons (Fsp3) is 0.320. The first kappa shape index (κ1) is 24.6. The summed E-state index contributed by atoms with van der Waals surface area (Å²) in [6.45, 7) is 5.87. The third-order valence-electron chi connectivity index (χ3n) is 6.35. The largest absolute Gasteiger partial charge is 0.455 e. The Labute approximate surface area is 219 Å². The Hall–Kier alpha value is -3.11. The third-order valence-corrected chi connectivity index (χ3v) is 6.96. The van der Waals surface area contributed by atoms with Gasteiger partial charge in [0.05, 0.1) is 22.3 Å². The Morgan fingerprint density at radius 1 is 1.22 bits per heavy atom. The summed E-state index contributed by atoms with van der Waals surface area (Å²) < 4.78 is 5.76. The summed E-state index contributed by atoms with van der Waals surface area (Å²) in [5.41, 5.74) is 3.10. The molecular weight excluding hydrogens is 503 g/mol. The summed E-state index contributed by atoms with van der Waals surface area (Å²) in [6, 6.07) is 11.5. The van der Waals surface area contributed by atoms with Gasteiger partial charge in [-0.05, 0) is 44.2 Å². The number of carbonyl (C=O) groups excluding carboxylic acids is 1. The van der Waals surface area contributed by atoms with Crippen LogP contribution in [-0.4, -0.2) is 52.9 Å². The van der Waals surface area contributed by atoms with Crippen LogP contribution in [0.15, 0.2) is 42.6 Å². The highest BCUT2D eigenvalue weighted by Crippen LogP contribution is 2.37. The summed E-state index contributed by atoms with van der Waals surface area (Å²) >= 11 is 12.5. The molecule has 0 radical (unpaired) electrons. The van der Waals surface area contributed by atoms with E-state index in [-0.39, 0.29) is 36.6 Å². The van der Waals surface area contributed by atoms with E-state index in [1.165, 1.54) is 11.1 Å². The molecule has 2 aromatic carbocycles. The van der Waals surface area contributed by atoms with Crippen molar-refractivity contribution < 1.29 is 14.6 Å². The third kappa shape index (κ3) is 4.67. The van der Waals surface area contributed by atoms with Gasteiger partial charge < -0.3 is 25.4 Å². The van der Waals surface area contributed by atoms with E-state index in [0.29, 0.717) is 33.5 Å². The molecule has 2 aliphatic rings. The van der Waals surface area contributed by atoms with Crippen LogP contribution in [0.1, 0.15) is 29.8 Å². The summed E-state index contributed by atoms with van der Waals surface area (Å²) in [5, 5.41) is 17.4. The number of hydrogen-bond donors (Lipinski definition) is 3. The Morgan fingerprint density at radius 2 is 2.00 bits per heavy atom. The number of nitrogens with one attached hydrogen (secondary N) is 2.